The van der Waals surface area contributed by atoms with Crippen molar-refractivity contribution >= 4 is 51.1 Å². The lowest BCUT2D eigenvalue weighted by Crippen LogP contribution is -2.54. The Morgan fingerprint density at radius 2 is 1.82 bits per heavy atom. The molecule has 3 aliphatic heterocycles. The van der Waals surface area contributed by atoms with Gasteiger partial charge >= 0.3 is 0 Å². The van der Waals surface area contributed by atoms with Crippen LogP contribution in [0.4, 0.5) is 5.69 Å². The van der Waals surface area contributed by atoms with Crippen molar-refractivity contribution < 1.29 is 27.6 Å². The topological polar surface area (TPSA) is 130 Å². The number of anilines is 1. The highest BCUT2D eigenvalue weighted by Crippen LogP contribution is 2.33. The van der Waals surface area contributed by atoms with Gasteiger partial charge in [-0.25, -0.2) is 8.42 Å². The number of fused-ring (bicyclic) bond motifs is 1. The summed E-state index contributed by atoms with van der Waals surface area (Å²) >= 11 is 1.36. The Hall–Kier alpha value is -2.40. The maximum absolute atomic E-state index is 12.8. The van der Waals surface area contributed by atoms with Crippen LogP contribution >= 0.6 is 11.8 Å². The highest BCUT2D eigenvalue weighted by molar-refractivity contribution is 8.14. The quantitative estimate of drug-likeness (QED) is 0.681. The summed E-state index contributed by atoms with van der Waals surface area (Å²) in [6.07, 6.45) is 1.49. The van der Waals surface area contributed by atoms with Crippen molar-refractivity contribution in [2.75, 3.05) is 10.5 Å². The van der Waals surface area contributed by atoms with Crippen LogP contribution in [0.3, 0.4) is 0 Å². The van der Waals surface area contributed by atoms with Crippen molar-refractivity contribution in [1.82, 2.24) is 10.2 Å². The van der Waals surface area contributed by atoms with Crippen molar-refractivity contribution in [3.63, 3.8) is 0 Å². The standard InChI is InChI=1S/C17H17N3O6S2/c21-13-6-5-12(15(22)18-13)20-16(23)10-4-3-9(8-11(10)17(20)24)19-28(25,26)14-2-1-7-27-14/h3-4,8,12,14,19H,1-2,5-7H2,(H,18,21,22). The number of hydrogen-bond donors (Lipinski definition) is 2. The van der Waals surface area contributed by atoms with E-state index in [9.17, 15) is 27.6 Å². The van der Waals surface area contributed by atoms with Gasteiger partial charge in [0, 0.05) is 12.1 Å². The molecule has 4 rings (SSSR count). The second kappa shape index (κ2) is 6.89. The summed E-state index contributed by atoms with van der Waals surface area (Å²) in [7, 11) is -3.61. The van der Waals surface area contributed by atoms with Gasteiger partial charge in [0.1, 0.15) is 10.6 Å². The Balaban J connectivity index is 1.59. The van der Waals surface area contributed by atoms with Gasteiger partial charge in [-0.05, 0) is 43.2 Å². The van der Waals surface area contributed by atoms with Gasteiger partial charge < -0.3 is 0 Å². The number of carbonyl (C=O) groups is 4. The third-order valence-corrected chi connectivity index (χ3v) is 8.68. The first-order valence-corrected chi connectivity index (χ1v) is 11.4. The largest absolute Gasteiger partial charge is 0.295 e. The van der Waals surface area contributed by atoms with Gasteiger partial charge in [-0.1, -0.05) is 0 Å². The van der Waals surface area contributed by atoms with Gasteiger partial charge in [-0.2, -0.15) is 0 Å². The molecule has 2 atom stereocenters. The Kier molecular flexibility index (Phi) is 4.66. The summed E-state index contributed by atoms with van der Waals surface area (Å²) in [4.78, 5) is 49.6. The van der Waals surface area contributed by atoms with Crippen LogP contribution in [0.5, 0.6) is 0 Å². The lowest BCUT2D eigenvalue weighted by molar-refractivity contribution is -0.136. The zero-order chi connectivity index (χ0) is 20.1. The van der Waals surface area contributed by atoms with E-state index < -0.39 is 44.3 Å². The maximum Gasteiger partial charge on any atom is 0.262 e. The molecule has 28 heavy (non-hydrogen) atoms. The smallest absolute Gasteiger partial charge is 0.262 e. The van der Waals surface area contributed by atoms with Crippen molar-refractivity contribution in [2.24, 2.45) is 0 Å². The van der Waals surface area contributed by atoms with Crippen molar-refractivity contribution in [2.45, 2.75) is 36.3 Å². The summed E-state index contributed by atoms with van der Waals surface area (Å²) in [6, 6.07) is 3.06. The number of thioether (sulfide) groups is 1. The second-order valence-electron chi connectivity index (χ2n) is 6.80. The Labute approximate surface area is 165 Å². The van der Waals surface area contributed by atoms with Gasteiger partial charge in [-0.15, -0.1) is 11.8 Å². The SMILES string of the molecule is O=C1CCC(N2C(=O)c3ccc(NS(=O)(=O)C4CCCS4)cc3C2=O)C(=O)N1. The van der Waals surface area contributed by atoms with Crippen LogP contribution in [0.25, 0.3) is 0 Å². The number of nitrogens with zero attached hydrogens (tertiary/aromatic N) is 1. The lowest BCUT2D eigenvalue weighted by Gasteiger charge is -2.27. The number of nitrogens with one attached hydrogen (secondary N) is 2. The highest BCUT2D eigenvalue weighted by Gasteiger charge is 2.44. The van der Waals surface area contributed by atoms with Gasteiger partial charge in [0.05, 0.1) is 11.1 Å². The molecule has 2 saturated heterocycles. The van der Waals surface area contributed by atoms with Crippen LogP contribution in [-0.2, 0) is 19.6 Å². The van der Waals surface area contributed by atoms with E-state index in [1.807, 2.05) is 0 Å². The fourth-order valence-electron chi connectivity index (χ4n) is 3.56. The number of rotatable bonds is 4. The average molecular weight is 423 g/mol. The van der Waals surface area contributed by atoms with Gasteiger partial charge in [0.25, 0.3) is 11.8 Å². The molecule has 0 radical (unpaired) electrons. The van der Waals surface area contributed by atoms with Crippen molar-refractivity contribution in [3.8, 4) is 0 Å². The van der Waals surface area contributed by atoms with Crippen LogP contribution in [-0.4, -0.2) is 53.3 Å². The van der Waals surface area contributed by atoms with E-state index in [0.29, 0.717) is 6.42 Å². The molecule has 1 aromatic carbocycles. The first kappa shape index (κ1) is 18.9. The number of amides is 4. The zero-order valence-corrected chi connectivity index (χ0v) is 16.3. The monoisotopic (exact) mass is 423 g/mol. The second-order valence-corrected chi connectivity index (χ2v) is 10.3. The predicted octanol–water partition coefficient (Wildman–Crippen LogP) is 0.683. The highest BCUT2D eigenvalue weighted by atomic mass is 32.3. The molecule has 4 amide bonds. The summed E-state index contributed by atoms with van der Waals surface area (Å²) in [5, 5.41) is 2.13. The molecule has 0 aromatic heterocycles. The molecule has 11 heteroatoms. The summed E-state index contributed by atoms with van der Waals surface area (Å²) < 4.78 is 26.8. The fourth-order valence-corrected chi connectivity index (χ4v) is 6.70. The molecule has 0 aliphatic carbocycles. The molecular weight excluding hydrogens is 406 g/mol. The number of imide groups is 2. The average Bonchev–Trinajstić information content (AvgIpc) is 3.25. The number of sulfonamides is 1. The minimum absolute atomic E-state index is 0.0356. The lowest BCUT2D eigenvalue weighted by atomic mass is 10.0. The minimum atomic E-state index is -3.61. The van der Waals surface area contributed by atoms with Crippen LogP contribution in [0.1, 0.15) is 46.4 Å². The molecule has 0 bridgehead atoms. The molecule has 0 saturated carbocycles. The van der Waals surface area contributed by atoms with E-state index in [1.54, 1.807) is 0 Å². The molecule has 2 unspecified atom stereocenters. The normalized spacial score (nSPS) is 25.1. The number of carbonyl (C=O) groups excluding carboxylic acids is 4. The fraction of sp³-hybridized carbons (Fsp3) is 0.412. The molecule has 3 aliphatic rings. The molecule has 3 heterocycles. The number of benzene rings is 1. The summed E-state index contributed by atoms with van der Waals surface area (Å²) in [5.74, 6) is -1.66. The van der Waals surface area contributed by atoms with E-state index in [-0.39, 0.29) is 29.7 Å². The summed E-state index contributed by atoms with van der Waals surface area (Å²) in [6.45, 7) is 0. The van der Waals surface area contributed by atoms with Gasteiger partial charge in [0.2, 0.25) is 21.8 Å². The Morgan fingerprint density at radius 1 is 1.07 bits per heavy atom. The van der Waals surface area contributed by atoms with Crippen molar-refractivity contribution in [1.29, 1.82) is 0 Å². The third kappa shape index (κ3) is 3.18. The van der Waals surface area contributed by atoms with Crippen molar-refractivity contribution in [3.05, 3.63) is 29.3 Å². The molecule has 2 N–H and O–H groups in total. The predicted molar refractivity (Wildman–Crippen MR) is 101 cm³/mol. The van der Waals surface area contributed by atoms with E-state index >= 15 is 0 Å². The molecule has 0 spiro atoms. The van der Waals surface area contributed by atoms with Gasteiger partial charge in [-0.3, -0.25) is 34.1 Å². The van der Waals surface area contributed by atoms with Crippen LogP contribution in [0, 0.1) is 0 Å². The molecule has 148 valence electrons. The first-order valence-electron chi connectivity index (χ1n) is 8.77. The van der Waals surface area contributed by atoms with Crippen LogP contribution < -0.4 is 10.0 Å². The van der Waals surface area contributed by atoms with E-state index in [1.165, 1.54) is 30.0 Å². The first-order chi connectivity index (χ1) is 13.3. The molecular formula is C17H17N3O6S2. The van der Waals surface area contributed by atoms with E-state index in [0.717, 1.165) is 17.1 Å². The van der Waals surface area contributed by atoms with Crippen LogP contribution in [0.2, 0.25) is 0 Å². The summed E-state index contributed by atoms with van der Waals surface area (Å²) in [5.41, 5.74) is 0.333. The molecule has 1 aromatic rings. The van der Waals surface area contributed by atoms with Crippen LogP contribution in [0.15, 0.2) is 18.2 Å². The Bertz CT molecular complexity index is 1000. The minimum Gasteiger partial charge on any atom is -0.295 e. The molecule has 2 fully saturated rings. The zero-order valence-electron chi connectivity index (χ0n) is 14.6. The number of hydrogen-bond acceptors (Lipinski definition) is 7. The Morgan fingerprint density at radius 3 is 2.50 bits per heavy atom. The van der Waals surface area contributed by atoms with E-state index in [2.05, 4.69) is 10.0 Å². The number of piperidine rings is 1. The van der Waals surface area contributed by atoms with E-state index in [4.69, 9.17) is 0 Å². The molecule has 9 nitrogen and oxygen atoms in total. The third-order valence-electron chi connectivity index (χ3n) is 4.93. The van der Waals surface area contributed by atoms with Gasteiger partial charge in [0.15, 0.2) is 0 Å². The maximum atomic E-state index is 12.8.